The summed E-state index contributed by atoms with van der Waals surface area (Å²) in [5, 5.41) is 0. The molecule has 0 saturated carbocycles. The Morgan fingerprint density at radius 1 is 1.45 bits per heavy atom. The van der Waals surface area contributed by atoms with E-state index < -0.39 is 0 Å². The molecule has 60 valence electrons. The molecule has 1 rings (SSSR count). The topological polar surface area (TPSA) is 26.3 Å². The van der Waals surface area contributed by atoms with Gasteiger partial charge in [-0.15, -0.1) is 0 Å². The molecule has 11 heavy (non-hydrogen) atoms. The van der Waals surface area contributed by atoms with Crippen LogP contribution in [0.5, 0.6) is 0 Å². The highest BCUT2D eigenvalue weighted by atomic mass is 16.5. The van der Waals surface area contributed by atoms with Crippen molar-refractivity contribution in [1.29, 1.82) is 0 Å². The van der Waals surface area contributed by atoms with Gasteiger partial charge in [0.25, 0.3) is 0 Å². The highest BCUT2D eigenvalue weighted by molar-refractivity contribution is 6.11. The molecule has 0 heterocycles. The van der Waals surface area contributed by atoms with Gasteiger partial charge >= 0.3 is 0 Å². The first-order chi connectivity index (χ1) is 5.16. The maximum atomic E-state index is 11.3. The van der Waals surface area contributed by atoms with E-state index in [1.165, 1.54) is 6.26 Å². The number of Topliss-reactive ketones (excluding diaryl/α,β-unsaturated/α-hetero) is 1. The highest BCUT2D eigenvalue weighted by Crippen LogP contribution is 2.26. The van der Waals surface area contributed by atoms with Crippen molar-refractivity contribution in [1.82, 2.24) is 0 Å². The van der Waals surface area contributed by atoms with Gasteiger partial charge in [-0.05, 0) is 19.4 Å². The summed E-state index contributed by atoms with van der Waals surface area (Å²) in [4.78, 5) is 11.3. The molecule has 0 radical (unpaired) electrons. The molecule has 1 aliphatic rings. The lowest BCUT2D eigenvalue weighted by Crippen LogP contribution is -1.96. The van der Waals surface area contributed by atoms with E-state index in [1.807, 2.05) is 13.8 Å². The fourth-order valence-corrected chi connectivity index (χ4v) is 1.17. The molecule has 0 N–H and O–H groups in total. The van der Waals surface area contributed by atoms with Gasteiger partial charge in [0, 0.05) is 12.0 Å². The Kier molecular flexibility index (Phi) is 2.13. The van der Waals surface area contributed by atoms with Crippen LogP contribution in [-0.4, -0.2) is 12.9 Å². The Hall–Kier alpha value is -1.05. The van der Waals surface area contributed by atoms with E-state index in [4.69, 9.17) is 4.74 Å². The van der Waals surface area contributed by atoms with Crippen molar-refractivity contribution in [2.75, 3.05) is 7.11 Å². The van der Waals surface area contributed by atoms with Crippen LogP contribution in [0.4, 0.5) is 0 Å². The molecule has 0 atom stereocenters. The van der Waals surface area contributed by atoms with E-state index >= 15 is 0 Å². The molecule has 0 aliphatic heterocycles. The molecule has 1 aliphatic carbocycles. The number of hydrogen-bond donors (Lipinski definition) is 0. The number of methoxy groups -OCH3 is 1. The van der Waals surface area contributed by atoms with Crippen LogP contribution >= 0.6 is 0 Å². The monoisotopic (exact) mass is 152 g/mol. The van der Waals surface area contributed by atoms with Crippen LogP contribution in [-0.2, 0) is 9.53 Å². The zero-order valence-corrected chi connectivity index (χ0v) is 7.10. The molecule has 0 aromatic heterocycles. The van der Waals surface area contributed by atoms with Gasteiger partial charge in [-0.2, -0.15) is 0 Å². The van der Waals surface area contributed by atoms with E-state index in [1.54, 1.807) is 7.11 Å². The second-order valence-corrected chi connectivity index (χ2v) is 2.79. The minimum absolute atomic E-state index is 0.129. The summed E-state index contributed by atoms with van der Waals surface area (Å²) < 4.78 is 4.78. The third-order valence-electron chi connectivity index (χ3n) is 1.99. The third-order valence-corrected chi connectivity index (χ3v) is 1.99. The average molecular weight is 152 g/mol. The van der Waals surface area contributed by atoms with Crippen molar-refractivity contribution < 1.29 is 9.53 Å². The van der Waals surface area contributed by atoms with Crippen molar-refractivity contribution in [3.63, 3.8) is 0 Å². The standard InChI is InChI=1S/C9H12O2/c1-6-4-8(5-11-3)9(10)7(6)2/h5H,4H2,1-3H3/b8-5-. The number of ketones is 1. The zero-order valence-electron chi connectivity index (χ0n) is 7.10. The molecule has 0 spiro atoms. The number of carbonyl (C=O) groups excluding carboxylic acids is 1. The highest BCUT2D eigenvalue weighted by Gasteiger charge is 2.21. The summed E-state index contributed by atoms with van der Waals surface area (Å²) in [6.45, 7) is 3.83. The van der Waals surface area contributed by atoms with Crippen LogP contribution in [0, 0.1) is 0 Å². The van der Waals surface area contributed by atoms with E-state index in [0.717, 1.165) is 23.1 Å². The molecule has 2 heteroatoms. The lowest BCUT2D eigenvalue weighted by Gasteiger charge is -1.93. The van der Waals surface area contributed by atoms with Crippen LogP contribution < -0.4 is 0 Å². The summed E-state index contributed by atoms with van der Waals surface area (Å²) in [6.07, 6.45) is 2.28. The first-order valence-electron chi connectivity index (χ1n) is 3.59. The number of rotatable bonds is 1. The maximum absolute atomic E-state index is 11.3. The Balaban J connectivity index is 2.87. The molecular weight excluding hydrogens is 140 g/mol. The minimum Gasteiger partial charge on any atom is -0.504 e. The normalized spacial score (nSPS) is 21.7. The summed E-state index contributed by atoms with van der Waals surface area (Å²) in [6, 6.07) is 0. The van der Waals surface area contributed by atoms with Gasteiger partial charge in [0.05, 0.1) is 13.4 Å². The van der Waals surface area contributed by atoms with E-state index in [0.29, 0.717) is 0 Å². The summed E-state index contributed by atoms with van der Waals surface area (Å²) in [5.74, 6) is 0.129. The molecule has 0 saturated heterocycles. The van der Waals surface area contributed by atoms with Gasteiger partial charge in [0.15, 0.2) is 5.78 Å². The second kappa shape index (κ2) is 2.91. The van der Waals surface area contributed by atoms with Crippen LogP contribution in [0.3, 0.4) is 0 Å². The quantitative estimate of drug-likeness (QED) is 0.423. The van der Waals surface area contributed by atoms with Gasteiger partial charge in [-0.25, -0.2) is 0 Å². The van der Waals surface area contributed by atoms with Gasteiger partial charge in [-0.1, -0.05) is 5.57 Å². The Morgan fingerprint density at radius 2 is 2.09 bits per heavy atom. The largest absolute Gasteiger partial charge is 0.504 e. The third kappa shape index (κ3) is 1.34. The summed E-state index contributed by atoms with van der Waals surface area (Å²) in [5.41, 5.74) is 2.79. The number of hydrogen-bond acceptors (Lipinski definition) is 2. The summed E-state index contributed by atoms with van der Waals surface area (Å²) in [7, 11) is 1.56. The molecule has 0 aromatic rings. The van der Waals surface area contributed by atoms with E-state index in [9.17, 15) is 4.79 Å². The lowest BCUT2D eigenvalue weighted by molar-refractivity contribution is -0.112. The van der Waals surface area contributed by atoms with E-state index in [2.05, 4.69) is 0 Å². The Bertz CT molecular complexity index is 246. The van der Waals surface area contributed by atoms with Crippen molar-refractivity contribution in [2.45, 2.75) is 20.3 Å². The number of ether oxygens (including phenoxy) is 1. The van der Waals surface area contributed by atoms with Crippen LogP contribution in [0.1, 0.15) is 20.3 Å². The van der Waals surface area contributed by atoms with E-state index in [-0.39, 0.29) is 5.78 Å². The fourth-order valence-electron chi connectivity index (χ4n) is 1.17. The van der Waals surface area contributed by atoms with Crippen molar-refractivity contribution in [2.24, 2.45) is 0 Å². The molecule has 0 amide bonds. The molecular formula is C9H12O2. The minimum atomic E-state index is 0.129. The molecule has 0 aromatic carbocycles. The van der Waals surface area contributed by atoms with Gasteiger partial charge in [-0.3, -0.25) is 4.79 Å². The first-order valence-corrected chi connectivity index (χ1v) is 3.59. The SMILES string of the molecule is CO/C=C1/CC(C)=C(C)C1=O. The maximum Gasteiger partial charge on any atom is 0.188 e. The predicted octanol–water partition coefficient (Wildman–Crippen LogP) is 1.83. The van der Waals surface area contributed by atoms with Gasteiger partial charge in [0.1, 0.15) is 0 Å². The average Bonchev–Trinajstić information content (AvgIpc) is 2.19. The second-order valence-electron chi connectivity index (χ2n) is 2.79. The molecule has 0 unspecified atom stereocenters. The van der Waals surface area contributed by atoms with Crippen LogP contribution in [0.2, 0.25) is 0 Å². The lowest BCUT2D eigenvalue weighted by atomic mass is 10.2. The van der Waals surface area contributed by atoms with Gasteiger partial charge < -0.3 is 4.74 Å². The molecule has 0 bridgehead atoms. The molecule has 2 nitrogen and oxygen atoms in total. The smallest absolute Gasteiger partial charge is 0.188 e. The van der Waals surface area contributed by atoms with Gasteiger partial charge in [0.2, 0.25) is 0 Å². The van der Waals surface area contributed by atoms with Crippen LogP contribution in [0.15, 0.2) is 23.0 Å². The van der Waals surface area contributed by atoms with Crippen molar-refractivity contribution >= 4 is 5.78 Å². The fraction of sp³-hybridized carbons (Fsp3) is 0.444. The first kappa shape index (κ1) is 8.05. The Labute approximate surface area is 66.5 Å². The van der Waals surface area contributed by atoms with Crippen molar-refractivity contribution in [3.8, 4) is 0 Å². The molecule has 0 fully saturated rings. The zero-order chi connectivity index (χ0) is 8.43. The summed E-state index contributed by atoms with van der Waals surface area (Å²) >= 11 is 0. The van der Waals surface area contributed by atoms with Crippen molar-refractivity contribution in [3.05, 3.63) is 23.0 Å². The Morgan fingerprint density at radius 3 is 2.45 bits per heavy atom. The number of carbonyl (C=O) groups is 1. The number of allylic oxidation sites excluding steroid dienone is 3. The predicted molar refractivity (Wildman–Crippen MR) is 43.1 cm³/mol. The van der Waals surface area contributed by atoms with Crippen LogP contribution in [0.25, 0.3) is 0 Å².